The summed E-state index contributed by atoms with van der Waals surface area (Å²) >= 11 is 0. The predicted molar refractivity (Wildman–Crippen MR) is 104 cm³/mol. The van der Waals surface area contributed by atoms with Gasteiger partial charge in [-0.2, -0.15) is 0 Å². The first-order valence-corrected chi connectivity index (χ1v) is 8.78. The molecule has 5 heteroatoms. The third-order valence-electron chi connectivity index (χ3n) is 4.33. The molecule has 5 nitrogen and oxygen atoms in total. The van der Waals surface area contributed by atoms with Gasteiger partial charge in [-0.1, -0.05) is 48.5 Å². The van der Waals surface area contributed by atoms with Crippen molar-refractivity contribution in [1.29, 1.82) is 0 Å². The number of hydrogen-bond acceptors (Lipinski definition) is 3. The Morgan fingerprint density at radius 2 is 1.59 bits per heavy atom. The summed E-state index contributed by atoms with van der Waals surface area (Å²) in [7, 11) is 0. The number of rotatable bonds is 6. The summed E-state index contributed by atoms with van der Waals surface area (Å²) in [6.07, 6.45) is 0. The molecule has 1 heterocycles. The van der Waals surface area contributed by atoms with E-state index in [4.69, 9.17) is 4.74 Å². The van der Waals surface area contributed by atoms with Crippen molar-refractivity contribution < 1.29 is 14.3 Å². The van der Waals surface area contributed by atoms with Gasteiger partial charge >= 0.3 is 5.97 Å². The van der Waals surface area contributed by atoms with E-state index < -0.39 is 5.97 Å². The highest BCUT2D eigenvalue weighted by Crippen LogP contribution is 2.21. The van der Waals surface area contributed by atoms with Crippen LogP contribution in [0.4, 0.5) is 0 Å². The van der Waals surface area contributed by atoms with Crippen LogP contribution in [0.1, 0.15) is 27.3 Å². The van der Waals surface area contributed by atoms with Crippen molar-refractivity contribution in [3.63, 3.8) is 0 Å². The summed E-state index contributed by atoms with van der Waals surface area (Å²) in [4.78, 5) is 24.4. The van der Waals surface area contributed by atoms with Crippen LogP contribution >= 0.6 is 0 Å². The van der Waals surface area contributed by atoms with Gasteiger partial charge in [-0.25, -0.2) is 4.79 Å². The Balaban J connectivity index is 1.61. The zero-order chi connectivity index (χ0) is 19.2. The van der Waals surface area contributed by atoms with Crippen LogP contribution in [0.15, 0.2) is 66.7 Å². The van der Waals surface area contributed by atoms with E-state index >= 15 is 0 Å². The maximum Gasteiger partial charge on any atom is 0.340 e. The zero-order valence-electron chi connectivity index (χ0n) is 15.4. The molecule has 0 atom stereocenters. The van der Waals surface area contributed by atoms with Crippen LogP contribution in [0.25, 0.3) is 5.69 Å². The molecule has 0 radical (unpaired) electrons. The molecular formula is C22H22N2O3. The topological polar surface area (TPSA) is 60.3 Å². The van der Waals surface area contributed by atoms with E-state index in [9.17, 15) is 9.59 Å². The maximum atomic E-state index is 12.4. The number of nitrogens with zero attached hydrogens (tertiary/aromatic N) is 1. The Morgan fingerprint density at radius 1 is 0.963 bits per heavy atom. The highest BCUT2D eigenvalue weighted by Gasteiger charge is 2.18. The van der Waals surface area contributed by atoms with Crippen LogP contribution in [0.5, 0.6) is 0 Å². The minimum absolute atomic E-state index is 0.305. The van der Waals surface area contributed by atoms with Gasteiger partial charge in [-0.3, -0.25) is 4.79 Å². The summed E-state index contributed by atoms with van der Waals surface area (Å²) in [5.74, 6) is -0.829. The van der Waals surface area contributed by atoms with Gasteiger partial charge in [-0.05, 0) is 37.6 Å². The van der Waals surface area contributed by atoms with Crippen molar-refractivity contribution in [2.75, 3.05) is 6.61 Å². The molecule has 0 aliphatic heterocycles. The van der Waals surface area contributed by atoms with Gasteiger partial charge in [0.2, 0.25) is 0 Å². The lowest BCUT2D eigenvalue weighted by atomic mass is 10.2. The molecule has 138 valence electrons. The van der Waals surface area contributed by atoms with E-state index in [1.165, 1.54) is 0 Å². The third kappa shape index (κ3) is 4.44. The summed E-state index contributed by atoms with van der Waals surface area (Å²) < 4.78 is 7.19. The Hall–Kier alpha value is -3.34. The molecule has 3 rings (SSSR count). The first-order chi connectivity index (χ1) is 13.1. The number of carbonyl (C=O) groups excluding carboxylic acids is 2. The molecule has 0 saturated heterocycles. The predicted octanol–water partition coefficient (Wildman–Crippen LogP) is 3.57. The maximum absolute atomic E-state index is 12.4. The van der Waals surface area contributed by atoms with E-state index in [2.05, 4.69) is 5.32 Å². The van der Waals surface area contributed by atoms with Crippen molar-refractivity contribution in [2.24, 2.45) is 0 Å². The van der Waals surface area contributed by atoms with Gasteiger partial charge < -0.3 is 14.6 Å². The van der Waals surface area contributed by atoms with E-state index in [1.54, 1.807) is 6.07 Å². The van der Waals surface area contributed by atoms with Crippen molar-refractivity contribution in [3.05, 3.63) is 89.2 Å². The summed E-state index contributed by atoms with van der Waals surface area (Å²) in [5.41, 5.74) is 4.15. The van der Waals surface area contributed by atoms with Crippen LogP contribution in [0.3, 0.4) is 0 Å². The fourth-order valence-electron chi connectivity index (χ4n) is 3.00. The van der Waals surface area contributed by atoms with Crippen LogP contribution < -0.4 is 5.32 Å². The number of ether oxygens (including phenoxy) is 1. The number of hydrogen-bond donors (Lipinski definition) is 1. The normalized spacial score (nSPS) is 10.4. The number of amides is 1. The molecule has 3 aromatic rings. The van der Waals surface area contributed by atoms with E-state index in [0.29, 0.717) is 12.1 Å². The van der Waals surface area contributed by atoms with Gasteiger partial charge in [0.1, 0.15) is 0 Å². The Bertz CT molecular complexity index is 931. The smallest absolute Gasteiger partial charge is 0.340 e. The van der Waals surface area contributed by atoms with Crippen molar-refractivity contribution in [1.82, 2.24) is 9.88 Å². The second kappa shape index (κ2) is 8.36. The Morgan fingerprint density at radius 3 is 2.26 bits per heavy atom. The minimum atomic E-state index is -0.500. The van der Waals surface area contributed by atoms with Crippen LogP contribution in [-0.4, -0.2) is 23.1 Å². The number of para-hydroxylation sites is 1. The van der Waals surface area contributed by atoms with E-state index in [1.807, 2.05) is 79.1 Å². The number of aromatic nitrogens is 1. The Labute approximate surface area is 158 Å². The third-order valence-corrected chi connectivity index (χ3v) is 4.33. The fraction of sp³-hybridized carbons (Fsp3) is 0.182. The van der Waals surface area contributed by atoms with Gasteiger partial charge in [-0.15, -0.1) is 0 Å². The quantitative estimate of drug-likeness (QED) is 0.682. The molecule has 0 bridgehead atoms. The molecule has 0 unspecified atom stereocenters. The number of aryl methyl sites for hydroxylation is 1. The molecule has 0 aliphatic carbocycles. The first-order valence-electron chi connectivity index (χ1n) is 8.78. The van der Waals surface area contributed by atoms with Crippen molar-refractivity contribution in [2.45, 2.75) is 20.4 Å². The zero-order valence-corrected chi connectivity index (χ0v) is 15.4. The monoisotopic (exact) mass is 362 g/mol. The van der Waals surface area contributed by atoms with Gasteiger partial charge in [0, 0.05) is 23.6 Å². The number of carbonyl (C=O) groups is 2. The molecular weight excluding hydrogens is 340 g/mol. The molecule has 0 fully saturated rings. The lowest BCUT2D eigenvalue weighted by Crippen LogP contribution is -2.28. The average Bonchev–Trinajstić information content (AvgIpc) is 3.00. The SMILES string of the molecule is Cc1cc(C(=O)OCC(=O)NCc2ccccc2)c(C)n1-c1ccccc1. The number of esters is 1. The molecule has 1 aromatic heterocycles. The Kier molecular flexibility index (Phi) is 5.71. The van der Waals surface area contributed by atoms with Gasteiger partial charge in [0.05, 0.1) is 5.56 Å². The largest absolute Gasteiger partial charge is 0.452 e. The summed E-state index contributed by atoms with van der Waals surface area (Å²) in [6.45, 7) is 3.90. The first kappa shape index (κ1) is 18.5. The molecule has 0 spiro atoms. The molecule has 1 amide bonds. The minimum Gasteiger partial charge on any atom is -0.452 e. The molecule has 0 saturated carbocycles. The molecule has 0 aliphatic rings. The second-order valence-electron chi connectivity index (χ2n) is 6.29. The van der Waals surface area contributed by atoms with Crippen LogP contribution in [0.2, 0.25) is 0 Å². The van der Waals surface area contributed by atoms with Crippen molar-refractivity contribution >= 4 is 11.9 Å². The summed E-state index contributed by atoms with van der Waals surface area (Å²) in [6, 6.07) is 21.2. The molecule has 27 heavy (non-hydrogen) atoms. The average molecular weight is 362 g/mol. The number of benzene rings is 2. The van der Waals surface area contributed by atoms with E-state index in [0.717, 1.165) is 22.6 Å². The van der Waals surface area contributed by atoms with E-state index in [-0.39, 0.29) is 12.5 Å². The van der Waals surface area contributed by atoms with Gasteiger partial charge in [0.15, 0.2) is 6.61 Å². The lowest BCUT2D eigenvalue weighted by molar-refractivity contribution is -0.124. The second-order valence-corrected chi connectivity index (χ2v) is 6.29. The summed E-state index contributed by atoms with van der Waals surface area (Å²) in [5, 5.41) is 2.74. The fourth-order valence-corrected chi connectivity index (χ4v) is 3.00. The number of nitrogens with one attached hydrogen (secondary N) is 1. The standard InChI is InChI=1S/C22H22N2O3/c1-16-13-20(17(2)24(16)19-11-7-4-8-12-19)22(26)27-15-21(25)23-14-18-9-5-3-6-10-18/h3-13H,14-15H2,1-2H3,(H,23,25). The van der Waals surface area contributed by atoms with Crippen molar-refractivity contribution in [3.8, 4) is 5.69 Å². The lowest BCUT2D eigenvalue weighted by Gasteiger charge is -2.10. The highest BCUT2D eigenvalue weighted by molar-refractivity contribution is 5.93. The van der Waals surface area contributed by atoms with Crippen LogP contribution in [-0.2, 0) is 16.1 Å². The molecule has 1 N–H and O–H groups in total. The highest BCUT2D eigenvalue weighted by atomic mass is 16.5. The van der Waals surface area contributed by atoms with Crippen LogP contribution in [0, 0.1) is 13.8 Å². The van der Waals surface area contributed by atoms with Gasteiger partial charge in [0.25, 0.3) is 5.91 Å². The molecule has 2 aromatic carbocycles.